The van der Waals surface area contributed by atoms with Gasteiger partial charge < -0.3 is 15.1 Å². The molecule has 1 aromatic rings. The van der Waals surface area contributed by atoms with E-state index in [1.165, 1.54) is 0 Å². The Morgan fingerprint density at radius 3 is 2.33 bits per heavy atom. The van der Waals surface area contributed by atoms with Gasteiger partial charge in [0.05, 0.1) is 16.0 Å². The number of rotatable bonds is 5. The van der Waals surface area contributed by atoms with Crippen molar-refractivity contribution in [1.82, 2.24) is 20.0 Å². The van der Waals surface area contributed by atoms with Gasteiger partial charge in [0.25, 0.3) is 5.24 Å². The minimum atomic E-state index is -4.90. The second-order valence-electron chi connectivity index (χ2n) is 9.88. The number of amides is 2. The van der Waals surface area contributed by atoms with Crippen molar-refractivity contribution < 1.29 is 35.9 Å². The second-order valence-corrected chi connectivity index (χ2v) is 10.9. The first-order valence-corrected chi connectivity index (χ1v) is 13.3. The standard InChI is InChI=1S/C25H29F6N5O2S/c1-34-8-10-36(11-9-34)21(37)14-32-22-20(39-23(38)33-22)12-16-4-6-35(7-5-16)15-17-2-3-18(24(26,27)28)13-19(17)25(29,30)31/h2-3,12-13,16H,4-11,14-15H2,1H3,(H,32,33,38). The fourth-order valence-corrected chi connectivity index (χ4v) is 5.57. The summed E-state index contributed by atoms with van der Waals surface area (Å²) >= 11 is 0.984. The molecule has 0 bridgehead atoms. The molecule has 7 nitrogen and oxygen atoms in total. The molecule has 0 radical (unpaired) electrons. The van der Waals surface area contributed by atoms with Gasteiger partial charge in [0, 0.05) is 32.7 Å². The van der Waals surface area contributed by atoms with E-state index in [-0.39, 0.29) is 41.8 Å². The summed E-state index contributed by atoms with van der Waals surface area (Å²) in [4.78, 5) is 35.1. The highest BCUT2D eigenvalue weighted by Gasteiger charge is 2.38. The van der Waals surface area contributed by atoms with Crippen molar-refractivity contribution in [2.45, 2.75) is 31.7 Å². The summed E-state index contributed by atoms with van der Waals surface area (Å²) in [6.45, 7) is 3.50. The zero-order valence-corrected chi connectivity index (χ0v) is 22.1. The Bertz CT molecular complexity index is 1140. The highest BCUT2D eigenvalue weighted by molar-refractivity contribution is 8.18. The van der Waals surface area contributed by atoms with Crippen LogP contribution < -0.4 is 5.32 Å². The van der Waals surface area contributed by atoms with E-state index in [1.54, 1.807) is 9.80 Å². The molecule has 3 aliphatic heterocycles. The van der Waals surface area contributed by atoms with E-state index in [2.05, 4.69) is 15.2 Å². The summed E-state index contributed by atoms with van der Waals surface area (Å²) < 4.78 is 79.4. The van der Waals surface area contributed by atoms with Crippen LogP contribution in [0.2, 0.25) is 0 Å². The van der Waals surface area contributed by atoms with Crippen molar-refractivity contribution in [3.05, 3.63) is 45.9 Å². The molecule has 0 atom stereocenters. The molecule has 14 heteroatoms. The molecule has 3 saturated heterocycles. The molecule has 0 aliphatic carbocycles. The lowest BCUT2D eigenvalue weighted by Gasteiger charge is -2.32. The van der Waals surface area contributed by atoms with Crippen LogP contribution in [0.15, 0.2) is 34.2 Å². The minimum Gasteiger partial charge on any atom is -0.339 e. The molecule has 2 amide bonds. The summed E-state index contributed by atoms with van der Waals surface area (Å²) in [7, 11) is 1.99. The monoisotopic (exact) mass is 577 g/mol. The van der Waals surface area contributed by atoms with Crippen LogP contribution in [-0.4, -0.2) is 84.5 Å². The SMILES string of the molecule is CN1CCN(C(=O)CN=C2NC(=O)SC2=CC2CCN(Cc3ccc(C(F)(F)F)cc3C(F)(F)F)CC2)CC1. The number of alkyl halides is 6. The molecule has 4 rings (SSSR count). The Kier molecular flexibility index (Phi) is 8.96. The van der Waals surface area contributed by atoms with Crippen LogP contribution in [-0.2, 0) is 23.7 Å². The van der Waals surface area contributed by atoms with Gasteiger partial charge >= 0.3 is 12.4 Å². The Hall–Kier alpha value is -2.58. The van der Waals surface area contributed by atoms with Gasteiger partial charge in [-0.15, -0.1) is 0 Å². The number of likely N-dealkylation sites (tertiary alicyclic amines) is 1. The van der Waals surface area contributed by atoms with Crippen molar-refractivity contribution in [2.24, 2.45) is 10.9 Å². The van der Waals surface area contributed by atoms with Crippen molar-refractivity contribution in [3.8, 4) is 0 Å². The van der Waals surface area contributed by atoms with Crippen molar-refractivity contribution in [3.63, 3.8) is 0 Å². The molecular formula is C25H29F6N5O2S. The minimum absolute atomic E-state index is 0.0321. The molecular weight excluding hydrogens is 548 g/mol. The van der Waals surface area contributed by atoms with E-state index < -0.39 is 23.5 Å². The van der Waals surface area contributed by atoms with Crippen LogP contribution in [0, 0.1) is 5.92 Å². The van der Waals surface area contributed by atoms with E-state index in [0.717, 1.165) is 30.9 Å². The van der Waals surface area contributed by atoms with Gasteiger partial charge in [-0.25, -0.2) is 0 Å². The van der Waals surface area contributed by atoms with E-state index in [1.807, 2.05) is 13.1 Å². The number of likely N-dealkylation sites (N-methyl/N-ethyl adjacent to an activating group) is 1. The fourth-order valence-electron chi connectivity index (χ4n) is 4.75. The first-order chi connectivity index (χ1) is 18.3. The van der Waals surface area contributed by atoms with E-state index in [9.17, 15) is 35.9 Å². The third kappa shape index (κ3) is 7.76. The normalized spacial score (nSPS) is 22.6. The predicted octanol–water partition coefficient (Wildman–Crippen LogP) is 4.45. The zero-order valence-electron chi connectivity index (χ0n) is 21.2. The number of piperidine rings is 1. The Morgan fingerprint density at radius 1 is 1.05 bits per heavy atom. The van der Waals surface area contributed by atoms with Gasteiger partial charge in [0.1, 0.15) is 12.4 Å². The van der Waals surface area contributed by atoms with Crippen LogP contribution in [0.5, 0.6) is 0 Å². The van der Waals surface area contributed by atoms with Crippen LogP contribution in [0.3, 0.4) is 0 Å². The van der Waals surface area contributed by atoms with E-state index in [4.69, 9.17) is 0 Å². The Balaban J connectivity index is 1.36. The quantitative estimate of drug-likeness (QED) is 0.524. The average molecular weight is 578 g/mol. The second kappa shape index (κ2) is 11.9. The van der Waals surface area contributed by atoms with Crippen LogP contribution in [0.25, 0.3) is 0 Å². The number of halogens is 6. The summed E-state index contributed by atoms with van der Waals surface area (Å²) in [5.41, 5.74) is -2.81. The van der Waals surface area contributed by atoms with Crippen LogP contribution in [0.4, 0.5) is 31.1 Å². The number of allylic oxidation sites excluding steroid dienone is 1. The van der Waals surface area contributed by atoms with Gasteiger partial charge in [0.2, 0.25) is 5.91 Å². The number of carbonyl (C=O) groups is 2. The molecule has 1 aromatic carbocycles. The van der Waals surface area contributed by atoms with E-state index in [0.29, 0.717) is 55.8 Å². The number of piperazine rings is 1. The number of amidine groups is 1. The fraction of sp³-hybridized carbons (Fsp3) is 0.560. The highest BCUT2D eigenvalue weighted by Crippen LogP contribution is 2.38. The van der Waals surface area contributed by atoms with Crippen LogP contribution >= 0.6 is 11.8 Å². The number of benzene rings is 1. The molecule has 214 valence electrons. The molecule has 39 heavy (non-hydrogen) atoms. The number of aliphatic imine (C=N–C) groups is 1. The maximum absolute atomic E-state index is 13.5. The first kappa shape index (κ1) is 29.4. The summed E-state index contributed by atoms with van der Waals surface area (Å²) in [5, 5.41) is 2.37. The third-order valence-corrected chi connectivity index (χ3v) is 7.88. The van der Waals surface area contributed by atoms with Crippen molar-refractivity contribution >= 4 is 28.7 Å². The van der Waals surface area contributed by atoms with Crippen LogP contribution in [0.1, 0.15) is 29.5 Å². The van der Waals surface area contributed by atoms with Crippen molar-refractivity contribution in [1.29, 1.82) is 0 Å². The van der Waals surface area contributed by atoms with Gasteiger partial charge in [-0.2, -0.15) is 26.3 Å². The van der Waals surface area contributed by atoms with Gasteiger partial charge in [-0.1, -0.05) is 12.1 Å². The van der Waals surface area contributed by atoms with Gasteiger partial charge in [0.15, 0.2) is 0 Å². The Labute approximate surface area is 226 Å². The Morgan fingerprint density at radius 2 is 1.72 bits per heavy atom. The first-order valence-electron chi connectivity index (χ1n) is 12.5. The molecule has 0 unspecified atom stereocenters. The highest BCUT2D eigenvalue weighted by atomic mass is 32.2. The zero-order chi connectivity index (χ0) is 28.4. The number of hydrogen-bond acceptors (Lipinski definition) is 6. The number of thioether (sulfide) groups is 1. The molecule has 0 aromatic heterocycles. The lowest BCUT2D eigenvalue weighted by Crippen LogP contribution is -2.48. The molecule has 3 heterocycles. The molecule has 3 fully saturated rings. The van der Waals surface area contributed by atoms with Crippen molar-refractivity contribution in [2.75, 3.05) is 52.9 Å². The lowest BCUT2D eigenvalue weighted by molar-refractivity contribution is -0.143. The average Bonchev–Trinajstić information content (AvgIpc) is 3.21. The lowest BCUT2D eigenvalue weighted by atomic mass is 9.95. The van der Waals surface area contributed by atoms with Gasteiger partial charge in [-0.3, -0.25) is 19.5 Å². The molecule has 3 aliphatic rings. The number of nitrogens with one attached hydrogen (secondary N) is 1. The number of carbonyl (C=O) groups excluding carboxylic acids is 2. The molecule has 0 saturated carbocycles. The topological polar surface area (TPSA) is 68.2 Å². The predicted molar refractivity (Wildman–Crippen MR) is 135 cm³/mol. The maximum Gasteiger partial charge on any atom is 0.416 e. The molecule has 1 N–H and O–H groups in total. The summed E-state index contributed by atoms with van der Waals surface area (Å²) in [5.74, 6) is 0.259. The smallest absolute Gasteiger partial charge is 0.339 e. The number of hydrogen-bond donors (Lipinski definition) is 1. The number of nitrogens with zero attached hydrogens (tertiary/aromatic N) is 4. The third-order valence-electron chi connectivity index (χ3n) is 7.04. The summed E-state index contributed by atoms with van der Waals surface area (Å²) in [6.07, 6.45) is -6.68. The summed E-state index contributed by atoms with van der Waals surface area (Å²) in [6, 6.07) is 1.75. The van der Waals surface area contributed by atoms with Gasteiger partial charge in [-0.05, 0) is 68.4 Å². The van der Waals surface area contributed by atoms with E-state index >= 15 is 0 Å². The largest absolute Gasteiger partial charge is 0.416 e. The molecule has 0 spiro atoms. The maximum atomic E-state index is 13.5.